The molecule has 2 aliphatic heterocycles. The van der Waals surface area contributed by atoms with Crippen molar-refractivity contribution in [3.63, 3.8) is 0 Å². The van der Waals surface area contributed by atoms with Crippen molar-refractivity contribution < 1.29 is 9.53 Å². The standard InChI is InChI=1S/C17H27N3O2S/c1-14-16(23-13-18-14)5-6-17(21)20-7-3-2-4-15(20)12-19-8-10-22-11-9-19/h13,15H,2-12H2,1H3/t15-/m0/s1. The molecule has 3 heterocycles. The number of hydrogen-bond acceptors (Lipinski definition) is 5. The average molecular weight is 337 g/mol. The number of nitrogens with zero attached hydrogens (tertiary/aromatic N) is 3. The van der Waals surface area contributed by atoms with Gasteiger partial charge >= 0.3 is 0 Å². The molecule has 0 aliphatic carbocycles. The van der Waals surface area contributed by atoms with Crippen LogP contribution in [0.4, 0.5) is 0 Å². The van der Waals surface area contributed by atoms with E-state index in [9.17, 15) is 4.79 Å². The first-order valence-electron chi connectivity index (χ1n) is 8.72. The van der Waals surface area contributed by atoms with E-state index in [4.69, 9.17) is 4.74 Å². The normalized spacial score (nSPS) is 23.2. The molecule has 1 aromatic rings. The second-order valence-corrected chi connectivity index (χ2v) is 7.45. The van der Waals surface area contributed by atoms with Gasteiger partial charge in [-0.3, -0.25) is 9.69 Å². The van der Waals surface area contributed by atoms with Gasteiger partial charge in [0.1, 0.15) is 0 Å². The van der Waals surface area contributed by atoms with Crippen molar-refractivity contribution in [2.45, 2.75) is 45.1 Å². The topological polar surface area (TPSA) is 45.7 Å². The van der Waals surface area contributed by atoms with Crippen molar-refractivity contribution in [2.75, 3.05) is 39.4 Å². The number of rotatable bonds is 5. The first kappa shape index (κ1) is 16.9. The lowest BCUT2D eigenvalue weighted by Crippen LogP contribution is -2.51. The monoisotopic (exact) mass is 337 g/mol. The minimum Gasteiger partial charge on any atom is -0.379 e. The van der Waals surface area contributed by atoms with Crippen molar-refractivity contribution >= 4 is 17.2 Å². The highest BCUT2D eigenvalue weighted by Crippen LogP contribution is 2.21. The molecule has 6 heteroatoms. The van der Waals surface area contributed by atoms with Gasteiger partial charge in [-0.15, -0.1) is 11.3 Å². The Morgan fingerprint density at radius 1 is 1.35 bits per heavy atom. The number of piperidine rings is 1. The zero-order chi connectivity index (χ0) is 16.1. The van der Waals surface area contributed by atoms with Crippen molar-refractivity contribution in [3.8, 4) is 0 Å². The van der Waals surface area contributed by atoms with Crippen molar-refractivity contribution in [1.29, 1.82) is 0 Å². The minimum atomic E-state index is 0.316. The maximum Gasteiger partial charge on any atom is 0.223 e. The van der Waals surface area contributed by atoms with Crippen LogP contribution in [-0.2, 0) is 16.0 Å². The predicted octanol–water partition coefficient (Wildman–Crippen LogP) is 2.10. The number of amides is 1. The van der Waals surface area contributed by atoms with Crippen molar-refractivity contribution in [3.05, 3.63) is 16.1 Å². The molecule has 1 aromatic heterocycles. The third kappa shape index (κ3) is 4.52. The van der Waals surface area contributed by atoms with Crippen LogP contribution in [0, 0.1) is 6.92 Å². The van der Waals surface area contributed by atoms with Crippen LogP contribution in [0.25, 0.3) is 0 Å². The van der Waals surface area contributed by atoms with E-state index in [1.807, 2.05) is 12.4 Å². The third-order valence-electron chi connectivity index (χ3n) is 4.93. The molecule has 0 saturated carbocycles. The van der Waals surface area contributed by atoms with E-state index in [0.29, 0.717) is 18.4 Å². The molecule has 2 fully saturated rings. The fraction of sp³-hybridized carbons (Fsp3) is 0.765. The van der Waals surface area contributed by atoms with Gasteiger partial charge in [0.2, 0.25) is 5.91 Å². The van der Waals surface area contributed by atoms with E-state index in [-0.39, 0.29) is 0 Å². The summed E-state index contributed by atoms with van der Waals surface area (Å²) in [5.41, 5.74) is 2.95. The summed E-state index contributed by atoms with van der Waals surface area (Å²) in [6.45, 7) is 7.61. The van der Waals surface area contributed by atoms with Gasteiger partial charge in [0.15, 0.2) is 0 Å². The number of hydrogen-bond donors (Lipinski definition) is 0. The zero-order valence-corrected chi connectivity index (χ0v) is 14.8. The molecule has 0 spiro atoms. The molecule has 5 nitrogen and oxygen atoms in total. The quantitative estimate of drug-likeness (QED) is 0.825. The SMILES string of the molecule is Cc1ncsc1CCC(=O)N1CCCC[C@H]1CN1CCOCC1. The van der Waals surface area contributed by atoms with Gasteiger partial charge in [0.25, 0.3) is 0 Å². The lowest BCUT2D eigenvalue weighted by molar-refractivity contribution is -0.135. The highest BCUT2D eigenvalue weighted by molar-refractivity contribution is 7.09. The summed E-state index contributed by atoms with van der Waals surface area (Å²) >= 11 is 1.66. The number of aryl methyl sites for hydroxylation is 2. The fourth-order valence-corrected chi connectivity index (χ4v) is 4.31. The van der Waals surface area contributed by atoms with Gasteiger partial charge in [0.05, 0.1) is 24.4 Å². The smallest absolute Gasteiger partial charge is 0.223 e. The van der Waals surface area contributed by atoms with Crippen LogP contribution in [0.3, 0.4) is 0 Å². The molecular weight excluding hydrogens is 310 g/mol. The van der Waals surface area contributed by atoms with Gasteiger partial charge < -0.3 is 9.64 Å². The summed E-state index contributed by atoms with van der Waals surface area (Å²) in [6.07, 6.45) is 4.97. The summed E-state index contributed by atoms with van der Waals surface area (Å²) in [7, 11) is 0. The van der Waals surface area contributed by atoms with Gasteiger partial charge in [0, 0.05) is 43.5 Å². The molecule has 128 valence electrons. The van der Waals surface area contributed by atoms with E-state index in [2.05, 4.69) is 14.8 Å². The molecular formula is C17H27N3O2S. The Balaban J connectivity index is 1.54. The minimum absolute atomic E-state index is 0.316. The van der Waals surface area contributed by atoms with Gasteiger partial charge in [-0.25, -0.2) is 4.98 Å². The molecule has 0 radical (unpaired) electrons. The van der Waals surface area contributed by atoms with Crippen molar-refractivity contribution in [2.24, 2.45) is 0 Å². The Labute approximate surface area is 142 Å². The Kier molecular flexibility index (Phi) is 6.02. The van der Waals surface area contributed by atoms with Gasteiger partial charge in [-0.05, 0) is 32.6 Å². The van der Waals surface area contributed by atoms with Gasteiger partial charge in [-0.1, -0.05) is 0 Å². The summed E-state index contributed by atoms with van der Waals surface area (Å²) < 4.78 is 5.43. The summed E-state index contributed by atoms with van der Waals surface area (Å²) in [5.74, 6) is 0.316. The Hall–Kier alpha value is -0.980. The molecule has 2 aliphatic rings. The van der Waals surface area contributed by atoms with Crippen LogP contribution in [-0.4, -0.2) is 66.1 Å². The number of carbonyl (C=O) groups excluding carboxylic acids is 1. The molecule has 0 N–H and O–H groups in total. The maximum atomic E-state index is 12.7. The lowest BCUT2D eigenvalue weighted by atomic mass is 10.0. The molecule has 2 saturated heterocycles. The van der Waals surface area contributed by atoms with Gasteiger partial charge in [-0.2, -0.15) is 0 Å². The zero-order valence-electron chi connectivity index (χ0n) is 14.0. The summed E-state index contributed by atoms with van der Waals surface area (Å²) in [6, 6.07) is 0.386. The third-order valence-corrected chi connectivity index (χ3v) is 5.93. The highest BCUT2D eigenvalue weighted by Gasteiger charge is 2.28. The van der Waals surface area contributed by atoms with Crippen LogP contribution < -0.4 is 0 Å². The molecule has 1 atom stereocenters. The predicted molar refractivity (Wildman–Crippen MR) is 91.8 cm³/mol. The van der Waals surface area contributed by atoms with Crippen LogP contribution in [0.5, 0.6) is 0 Å². The molecule has 1 amide bonds. The fourth-order valence-electron chi connectivity index (χ4n) is 3.53. The average Bonchev–Trinajstić information content (AvgIpc) is 2.99. The van der Waals surface area contributed by atoms with Crippen LogP contribution in [0.15, 0.2) is 5.51 Å². The number of aromatic nitrogens is 1. The first-order chi connectivity index (χ1) is 11.2. The second-order valence-electron chi connectivity index (χ2n) is 6.51. The lowest BCUT2D eigenvalue weighted by Gasteiger charge is -2.39. The van der Waals surface area contributed by atoms with E-state index >= 15 is 0 Å². The Morgan fingerprint density at radius 3 is 2.91 bits per heavy atom. The number of morpholine rings is 1. The van der Waals surface area contributed by atoms with E-state index < -0.39 is 0 Å². The molecule has 3 rings (SSSR count). The Morgan fingerprint density at radius 2 is 2.17 bits per heavy atom. The number of thiazole rings is 1. The summed E-state index contributed by atoms with van der Waals surface area (Å²) in [4.78, 5) is 22.8. The molecule has 0 unspecified atom stereocenters. The molecule has 0 aromatic carbocycles. The van der Waals surface area contributed by atoms with Crippen molar-refractivity contribution in [1.82, 2.24) is 14.8 Å². The molecule has 23 heavy (non-hydrogen) atoms. The maximum absolute atomic E-state index is 12.7. The molecule has 0 bridgehead atoms. The Bertz CT molecular complexity index is 514. The largest absolute Gasteiger partial charge is 0.379 e. The van der Waals surface area contributed by atoms with E-state index in [1.54, 1.807) is 11.3 Å². The summed E-state index contributed by atoms with van der Waals surface area (Å²) in [5, 5.41) is 0. The number of carbonyl (C=O) groups is 1. The van der Waals surface area contributed by atoms with E-state index in [0.717, 1.165) is 64.3 Å². The van der Waals surface area contributed by atoms with Crippen LogP contribution in [0.1, 0.15) is 36.3 Å². The highest BCUT2D eigenvalue weighted by atomic mass is 32.1. The van der Waals surface area contributed by atoms with Crippen LogP contribution >= 0.6 is 11.3 Å². The van der Waals surface area contributed by atoms with E-state index in [1.165, 1.54) is 11.3 Å². The number of ether oxygens (including phenoxy) is 1. The first-order valence-corrected chi connectivity index (χ1v) is 9.60. The second kappa shape index (κ2) is 8.22. The van der Waals surface area contributed by atoms with Crippen LogP contribution in [0.2, 0.25) is 0 Å². The number of likely N-dealkylation sites (tertiary alicyclic amines) is 1.